The van der Waals surface area contributed by atoms with Gasteiger partial charge in [0.25, 0.3) is 0 Å². The van der Waals surface area contributed by atoms with Crippen LogP contribution in [0.3, 0.4) is 0 Å². The summed E-state index contributed by atoms with van der Waals surface area (Å²) < 4.78 is 17.3. The van der Waals surface area contributed by atoms with Gasteiger partial charge < -0.3 is 14.2 Å². The zero-order valence-electron chi connectivity index (χ0n) is 13.8. The minimum Gasteiger partial charge on any atom is -0.462 e. The van der Waals surface area contributed by atoms with E-state index in [1.165, 1.54) is 6.92 Å². The highest BCUT2D eigenvalue weighted by Gasteiger charge is 2.35. The number of benzene rings is 1. The number of hydrogen-bond donors (Lipinski definition) is 0. The molecule has 1 atom stereocenters. The number of carbonyl (C=O) groups is 1. The molecule has 0 spiro atoms. The van der Waals surface area contributed by atoms with E-state index in [0.29, 0.717) is 12.4 Å². The summed E-state index contributed by atoms with van der Waals surface area (Å²) in [7, 11) is 0. The largest absolute Gasteiger partial charge is 0.462 e. The summed E-state index contributed by atoms with van der Waals surface area (Å²) in [6, 6.07) is 0. The standard InChI is InChI=1S/C17H24O4/c1-7-19-17(6)9-8-14-12(4)15(20-13(5)18)10(2)11(3)16(14)21-17/h7-9H2,1-6H3. The molecule has 0 saturated heterocycles. The van der Waals surface area contributed by atoms with Gasteiger partial charge in [0, 0.05) is 32.4 Å². The molecule has 0 amide bonds. The number of esters is 1. The van der Waals surface area contributed by atoms with E-state index in [-0.39, 0.29) is 5.97 Å². The molecule has 21 heavy (non-hydrogen) atoms. The lowest BCUT2D eigenvalue weighted by Crippen LogP contribution is -2.39. The van der Waals surface area contributed by atoms with Gasteiger partial charge in [-0.3, -0.25) is 4.79 Å². The van der Waals surface area contributed by atoms with Gasteiger partial charge in [-0.25, -0.2) is 0 Å². The predicted octanol–water partition coefficient (Wildman–Crippen LogP) is 3.61. The summed E-state index contributed by atoms with van der Waals surface area (Å²) in [6.45, 7) is 11.9. The van der Waals surface area contributed by atoms with E-state index in [9.17, 15) is 4.79 Å². The molecule has 4 heteroatoms. The summed E-state index contributed by atoms with van der Waals surface area (Å²) in [5.41, 5.74) is 4.06. The molecule has 1 aliphatic rings. The second kappa shape index (κ2) is 5.68. The van der Waals surface area contributed by atoms with Crippen LogP contribution >= 0.6 is 0 Å². The summed E-state index contributed by atoms with van der Waals surface area (Å²) in [6.07, 6.45) is 1.64. The summed E-state index contributed by atoms with van der Waals surface area (Å²) in [5, 5.41) is 0. The Morgan fingerprint density at radius 2 is 1.90 bits per heavy atom. The summed E-state index contributed by atoms with van der Waals surface area (Å²) >= 11 is 0. The third-order valence-corrected chi connectivity index (χ3v) is 4.15. The SMILES string of the molecule is CCOC1(C)CCc2c(C)c(OC(C)=O)c(C)c(C)c2O1. The lowest BCUT2D eigenvalue weighted by Gasteiger charge is -2.37. The molecule has 1 unspecified atom stereocenters. The van der Waals surface area contributed by atoms with Crippen LogP contribution in [0.4, 0.5) is 0 Å². The van der Waals surface area contributed by atoms with Crippen molar-refractivity contribution in [3.63, 3.8) is 0 Å². The van der Waals surface area contributed by atoms with Gasteiger partial charge in [-0.1, -0.05) is 0 Å². The van der Waals surface area contributed by atoms with Crippen molar-refractivity contribution in [1.82, 2.24) is 0 Å². The zero-order valence-corrected chi connectivity index (χ0v) is 13.8. The Morgan fingerprint density at radius 3 is 2.48 bits per heavy atom. The highest BCUT2D eigenvalue weighted by molar-refractivity contribution is 5.72. The zero-order chi connectivity index (χ0) is 15.8. The maximum atomic E-state index is 11.3. The van der Waals surface area contributed by atoms with Gasteiger partial charge in [0.2, 0.25) is 5.79 Å². The maximum absolute atomic E-state index is 11.3. The molecule has 0 aromatic heterocycles. The minimum atomic E-state index is -0.575. The van der Waals surface area contributed by atoms with E-state index in [1.54, 1.807) is 0 Å². The molecule has 1 aromatic rings. The highest BCUT2D eigenvalue weighted by Crippen LogP contribution is 2.44. The molecule has 1 heterocycles. The van der Waals surface area contributed by atoms with Gasteiger partial charge in [-0.2, -0.15) is 0 Å². The number of rotatable bonds is 3. The Balaban J connectivity index is 2.51. The van der Waals surface area contributed by atoms with Crippen LogP contribution in [0, 0.1) is 20.8 Å². The molecule has 1 aromatic carbocycles. The maximum Gasteiger partial charge on any atom is 0.308 e. The van der Waals surface area contributed by atoms with Gasteiger partial charge in [-0.15, -0.1) is 0 Å². The first-order valence-electron chi connectivity index (χ1n) is 7.43. The van der Waals surface area contributed by atoms with Gasteiger partial charge in [0.1, 0.15) is 11.5 Å². The lowest BCUT2D eigenvalue weighted by atomic mass is 9.91. The van der Waals surface area contributed by atoms with E-state index in [1.807, 2.05) is 34.6 Å². The minimum absolute atomic E-state index is 0.295. The van der Waals surface area contributed by atoms with Crippen molar-refractivity contribution < 1.29 is 19.0 Å². The molecule has 0 aliphatic carbocycles. The van der Waals surface area contributed by atoms with Crippen LogP contribution in [-0.4, -0.2) is 18.4 Å². The molecule has 1 aliphatic heterocycles. The second-order valence-corrected chi connectivity index (χ2v) is 5.77. The summed E-state index contributed by atoms with van der Waals surface area (Å²) in [4.78, 5) is 11.3. The van der Waals surface area contributed by atoms with Crippen molar-refractivity contribution >= 4 is 5.97 Å². The van der Waals surface area contributed by atoms with Crippen molar-refractivity contribution in [3.8, 4) is 11.5 Å². The molecule has 0 fully saturated rings. The van der Waals surface area contributed by atoms with E-state index in [2.05, 4.69) is 0 Å². The fraction of sp³-hybridized carbons (Fsp3) is 0.588. The van der Waals surface area contributed by atoms with Crippen LogP contribution in [0.1, 0.15) is 49.4 Å². The average molecular weight is 292 g/mol. The van der Waals surface area contributed by atoms with Crippen LogP contribution in [-0.2, 0) is 16.0 Å². The van der Waals surface area contributed by atoms with Gasteiger partial charge in [0.15, 0.2) is 0 Å². The molecule has 2 rings (SSSR count). The molecular formula is C17H24O4. The number of carbonyl (C=O) groups excluding carboxylic acids is 1. The van der Waals surface area contributed by atoms with Crippen LogP contribution < -0.4 is 9.47 Å². The molecule has 4 nitrogen and oxygen atoms in total. The second-order valence-electron chi connectivity index (χ2n) is 5.77. The molecule has 116 valence electrons. The Bertz CT molecular complexity index is 577. The Morgan fingerprint density at radius 1 is 1.24 bits per heavy atom. The number of ether oxygens (including phenoxy) is 3. The van der Waals surface area contributed by atoms with Crippen molar-refractivity contribution in [2.45, 2.75) is 60.2 Å². The topological polar surface area (TPSA) is 44.8 Å². The molecular weight excluding hydrogens is 268 g/mol. The molecule has 0 saturated carbocycles. The van der Waals surface area contributed by atoms with E-state index in [4.69, 9.17) is 14.2 Å². The smallest absolute Gasteiger partial charge is 0.308 e. The Kier molecular flexibility index (Phi) is 4.28. The van der Waals surface area contributed by atoms with E-state index in [0.717, 1.165) is 40.8 Å². The first-order chi connectivity index (χ1) is 9.79. The normalized spacial score (nSPS) is 20.7. The van der Waals surface area contributed by atoms with Crippen molar-refractivity contribution in [3.05, 3.63) is 22.3 Å². The van der Waals surface area contributed by atoms with E-state index >= 15 is 0 Å². The quantitative estimate of drug-likeness (QED) is 0.630. The Hall–Kier alpha value is -1.55. The van der Waals surface area contributed by atoms with Crippen molar-refractivity contribution in [2.24, 2.45) is 0 Å². The monoisotopic (exact) mass is 292 g/mol. The number of hydrogen-bond acceptors (Lipinski definition) is 4. The first-order valence-corrected chi connectivity index (χ1v) is 7.43. The lowest BCUT2D eigenvalue weighted by molar-refractivity contribution is -0.177. The van der Waals surface area contributed by atoms with Crippen LogP contribution in [0.2, 0.25) is 0 Å². The van der Waals surface area contributed by atoms with Gasteiger partial charge in [0.05, 0.1) is 0 Å². The third-order valence-electron chi connectivity index (χ3n) is 4.15. The predicted molar refractivity (Wildman–Crippen MR) is 80.9 cm³/mol. The van der Waals surface area contributed by atoms with E-state index < -0.39 is 5.79 Å². The van der Waals surface area contributed by atoms with Gasteiger partial charge >= 0.3 is 5.97 Å². The number of fused-ring (bicyclic) bond motifs is 1. The van der Waals surface area contributed by atoms with Crippen LogP contribution in [0.15, 0.2) is 0 Å². The van der Waals surface area contributed by atoms with Crippen LogP contribution in [0.25, 0.3) is 0 Å². The van der Waals surface area contributed by atoms with Crippen molar-refractivity contribution in [2.75, 3.05) is 6.61 Å². The fourth-order valence-electron chi connectivity index (χ4n) is 2.92. The van der Waals surface area contributed by atoms with Crippen LogP contribution in [0.5, 0.6) is 11.5 Å². The third kappa shape index (κ3) is 2.91. The fourth-order valence-corrected chi connectivity index (χ4v) is 2.92. The molecule has 0 N–H and O–H groups in total. The van der Waals surface area contributed by atoms with Gasteiger partial charge in [-0.05, 0) is 50.8 Å². The summed E-state index contributed by atoms with van der Waals surface area (Å²) in [5.74, 6) is 0.677. The van der Waals surface area contributed by atoms with Crippen molar-refractivity contribution in [1.29, 1.82) is 0 Å². The molecule has 0 radical (unpaired) electrons. The first kappa shape index (κ1) is 15.8. The molecule has 0 bridgehead atoms. The average Bonchev–Trinajstić information content (AvgIpc) is 2.41. The highest BCUT2D eigenvalue weighted by atomic mass is 16.7. The Labute approximate surface area is 126 Å².